The van der Waals surface area contributed by atoms with Crippen LogP contribution in [0.2, 0.25) is 0 Å². The van der Waals surface area contributed by atoms with E-state index in [1.165, 1.54) is 15.3 Å². The number of alkyl halides is 3. The van der Waals surface area contributed by atoms with Gasteiger partial charge in [-0.25, -0.2) is 9.48 Å². The molecule has 0 aromatic carbocycles. The van der Waals surface area contributed by atoms with Crippen molar-refractivity contribution in [3.8, 4) is 0 Å². The molecule has 4 heterocycles. The van der Waals surface area contributed by atoms with Gasteiger partial charge in [-0.1, -0.05) is 6.07 Å². The van der Waals surface area contributed by atoms with Crippen molar-refractivity contribution in [3.05, 3.63) is 45.9 Å². The van der Waals surface area contributed by atoms with E-state index in [1.54, 1.807) is 0 Å². The van der Waals surface area contributed by atoms with Crippen LogP contribution in [0.4, 0.5) is 13.2 Å². The van der Waals surface area contributed by atoms with E-state index in [0.717, 1.165) is 38.1 Å². The largest absolute Gasteiger partial charge is 0.433 e. The monoisotopic (exact) mass is 407 g/mol. The van der Waals surface area contributed by atoms with Gasteiger partial charge in [0.05, 0.1) is 6.54 Å². The zero-order chi connectivity index (χ0) is 20.3. The number of aromatic nitrogens is 4. The highest BCUT2D eigenvalue weighted by atomic mass is 19.4. The number of carbonyl (C=O) groups excluding carboxylic acids is 1. The molecule has 1 aliphatic carbocycles. The molecule has 7 nitrogen and oxygen atoms in total. The SMILES string of the molecule is O=C([C@@H]1CCCc2nn(Cc3ccc(C(F)(F)F)nc3)c(=O)n21)N1CC[C@@H]2C[C@@H]21. The lowest BCUT2D eigenvalue weighted by atomic mass is 10.0. The van der Waals surface area contributed by atoms with Gasteiger partial charge in [-0.2, -0.15) is 18.3 Å². The molecular weight excluding hydrogens is 387 g/mol. The molecule has 2 aromatic heterocycles. The topological polar surface area (TPSA) is 73.0 Å². The first-order valence-corrected chi connectivity index (χ1v) is 9.84. The van der Waals surface area contributed by atoms with Crippen molar-refractivity contribution in [1.29, 1.82) is 0 Å². The Kier molecular flexibility index (Phi) is 4.08. The van der Waals surface area contributed by atoms with Crippen LogP contribution in [-0.2, 0) is 23.9 Å². The molecule has 0 radical (unpaired) electrons. The summed E-state index contributed by atoms with van der Waals surface area (Å²) in [6.45, 7) is 0.763. The standard InChI is InChI=1S/C19H20F3N5O2/c20-19(21,22)15-5-4-11(9-23-15)10-26-18(29)27-13(2-1-3-16(27)24-26)17(28)25-7-6-12-8-14(12)25/h4-5,9,12-14H,1-3,6-8,10H2/t12-,13+,14+/m1/s1. The van der Waals surface area contributed by atoms with Crippen LogP contribution in [0.15, 0.2) is 23.1 Å². The van der Waals surface area contributed by atoms with E-state index in [-0.39, 0.29) is 12.5 Å². The summed E-state index contributed by atoms with van der Waals surface area (Å²) < 4.78 is 40.7. The Bertz CT molecular complexity index is 1010. The molecule has 0 bridgehead atoms. The Morgan fingerprint density at radius 2 is 2.07 bits per heavy atom. The third kappa shape index (κ3) is 3.14. The number of piperidine rings is 1. The predicted octanol–water partition coefficient (Wildman–Crippen LogP) is 2.01. The van der Waals surface area contributed by atoms with Gasteiger partial charge in [0.1, 0.15) is 17.6 Å². The van der Waals surface area contributed by atoms with Crippen LogP contribution in [0.3, 0.4) is 0 Å². The summed E-state index contributed by atoms with van der Waals surface area (Å²) in [6.07, 6.45) is 0.666. The number of nitrogens with zero attached hydrogens (tertiary/aromatic N) is 5. The molecule has 0 N–H and O–H groups in total. The van der Waals surface area contributed by atoms with E-state index < -0.39 is 23.6 Å². The minimum atomic E-state index is -4.51. The van der Waals surface area contributed by atoms with Crippen molar-refractivity contribution in [2.75, 3.05) is 6.54 Å². The van der Waals surface area contributed by atoms with Crippen LogP contribution >= 0.6 is 0 Å². The van der Waals surface area contributed by atoms with Crippen molar-refractivity contribution in [1.82, 2.24) is 24.2 Å². The summed E-state index contributed by atoms with van der Waals surface area (Å²) in [4.78, 5) is 31.4. The molecule has 3 atom stereocenters. The summed E-state index contributed by atoms with van der Waals surface area (Å²) in [5.41, 5.74) is -0.935. The second kappa shape index (κ2) is 6.43. The number of amides is 1. The van der Waals surface area contributed by atoms with Gasteiger partial charge < -0.3 is 4.90 Å². The van der Waals surface area contributed by atoms with Crippen LogP contribution in [0, 0.1) is 5.92 Å². The Morgan fingerprint density at radius 1 is 1.24 bits per heavy atom. The molecule has 1 saturated heterocycles. The highest BCUT2D eigenvalue weighted by Crippen LogP contribution is 2.45. The number of carbonyl (C=O) groups is 1. The molecule has 29 heavy (non-hydrogen) atoms. The first kappa shape index (κ1) is 18.4. The van der Waals surface area contributed by atoms with E-state index in [0.29, 0.717) is 36.2 Å². The van der Waals surface area contributed by atoms with Gasteiger partial charge in [0.2, 0.25) is 5.91 Å². The molecule has 0 spiro atoms. The van der Waals surface area contributed by atoms with Crippen LogP contribution in [-0.4, -0.2) is 42.7 Å². The lowest BCUT2D eigenvalue weighted by molar-refractivity contribution is -0.141. The zero-order valence-corrected chi connectivity index (χ0v) is 15.6. The number of hydrogen-bond acceptors (Lipinski definition) is 4. The first-order chi connectivity index (χ1) is 13.8. The van der Waals surface area contributed by atoms with Crippen molar-refractivity contribution in [2.24, 2.45) is 5.92 Å². The minimum Gasteiger partial charge on any atom is -0.338 e. The highest BCUT2D eigenvalue weighted by Gasteiger charge is 2.50. The molecule has 2 aliphatic heterocycles. The maximum absolute atomic E-state index is 13.1. The zero-order valence-electron chi connectivity index (χ0n) is 15.6. The average molecular weight is 407 g/mol. The number of rotatable bonds is 3. The number of fused-ring (bicyclic) bond motifs is 2. The number of pyridine rings is 1. The van der Waals surface area contributed by atoms with Gasteiger partial charge in [-0.05, 0) is 43.2 Å². The molecule has 1 saturated carbocycles. The fraction of sp³-hybridized carbons (Fsp3) is 0.579. The van der Waals surface area contributed by atoms with Crippen LogP contribution < -0.4 is 5.69 Å². The fourth-order valence-corrected chi connectivity index (χ4v) is 4.59. The number of likely N-dealkylation sites (tertiary alicyclic amines) is 1. The highest BCUT2D eigenvalue weighted by molar-refractivity contribution is 5.81. The Labute approximate surface area is 164 Å². The van der Waals surface area contributed by atoms with Crippen LogP contribution in [0.25, 0.3) is 0 Å². The van der Waals surface area contributed by atoms with Crippen molar-refractivity contribution < 1.29 is 18.0 Å². The normalized spacial score (nSPS) is 25.6. The second-order valence-corrected chi connectivity index (χ2v) is 8.07. The van der Waals surface area contributed by atoms with Gasteiger partial charge in [-0.3, -0.25) is 14.3 Å². The molecule has 154 valence electrons. The number of hydrogen-bond donors (Lipinski definition) is 0. The molecule has 10 heteroatoms. The second-order valence-electron chi connectivity index (χ2n) is 8.07. The van der Waals surface area contributed by atoms with E-state index in [1.807, 2.05) is 4.90 Å². The Morgan fingerprint density at radius 3 is 2.69 bits per heavy atom. The summed E-state index contributed by atoms with van der Waals surface area (Å²) in [7, 11) is 0. The molecule has 2 aromatic rings. The lowest BCUT2D eigenvalue weighted by Gasteiger charge is -2.28. The summed E-state index contributed by atoms with van der Waals surface area (Å²) in [5, 5.41) is 4.35. The van der Waals surface area contributed by atoms with Crippen molar-refractivity contribution in [3.63, 3.8) is 0 Å². The van der Waals surface area contributed by atoms with Crippen LogP contribution in [0.5, 0.6) is 0 Å². The number of aryl methyl sites for hydroxylation is 1. The van der Waals surface area contributed by atoms with Crippen molar-refractivity contribution >= 4 is 5.91 Å². The molecule has 1 amide bonds. The molecule has 0 unspecified atom stereocenters. The maximum Gasteiger partial charge on any atom is 0.433 e. The molecule has 5 rings (SSSR count). The lowest BCUT2D eigenvalue weighted by Crippen LogP contribution is -2.42. The Balaban J connectivity index is 1.40. The summed E-state index contributed by atoms with van der Waals surface area (Å²) in [5.74, 6) is 1.17. The molecule has 3 aliphatic rings. The third-order valence-electron chi connectivity index (χ3n) is 6.17. The summed E-state index contributed by atoms with van der Waals surface area (Å²) >= 11 is 0. The van der Waals surface area contributed by atoms with E-state index in [2.05, 4.69) is 10.1 Å². The predicted molar refractivity (Wildman–Crippen MR) is 95.0 cm³/mol. The van der Waals surface area contributed by atoms with Gasteiger partial charge in [-0.15, -0.1) is 0 Å². The molecule has 2 fully saturated rings. The maximum atomic E-state index is 13.1. The van der Waals surface area contributed by atoms with Crippen LogP contribution in [0.1, 0.15) is 48.8 Å². The van der Waals surface area contributed by atoms with Gasteiger partial charge in [0.25, 0.3) is 0 Å². The quantitative estimate of drug-likeness (QED) is 0.780. The minimum absolute atomic E-state index is 0.00574. The fourth-order valence-electron chi connectivity index (χ4n) is 4.59. The number of halogens is 3. The van der Waals surface area contributed by atoms with E-state index in [4.69, 9.17) is 0 Å². The van der Waals surface area contributed by atoms with E-state index >= 15 is 0 Å². The van der Waals surface area contributed by atoms with Gasteiger partial charge in [0, 0.05) is 25.2 Å². The average Bonchev–Trinajstić information content (AvgIpc) is 3.23. The first-order valence-electron chi connectivity index (χ1n) is 9.84. The van der Waals surface area contributed by atoms with E-state index in [9.17, 15) is 22.8 Å². The smallest absolute Gasteiger partial charge is 0.338 e. The van der Waals surface area contributed by atoms with Gasteiger partial charge in [0.15, 0.2) is 0 Å². The Hall–Kier alpha value is -2.65. The summed E-state index contributed by atoms with van der Waals surface area (Å²) in [6, 6.07) is 1.98. The third-order valence-corrected chi connectivity index (χ3v) is 6.17. The van der Waals surface area contributed by atoms with Gasteiger partial charge >= 0.3 is 11.9 Å². The van der Waals surface area contributed by atoms with Crippen molar-refractivity contribution in [2.45, 2.75) is 56.9 Å². The molecular formula is C19H20F3N5O2.